The molecule has 0 aliphatic heterocycles. The lowest BCUT2D eigenvalue weighted by molar-refractivity contribution is 0.169. The fourth-order valence-electron chi connectivity index (χ4n) is 3.49. The van der Waals surface area contributed by atoms with Crippen molar-refractivity contribution in [1.82, 2.24) is 4.57 Å². The summed E-state index contributed by atoms with van der Waals surface area (Å²) >= 11 is 3.57. The van der Waals surface area contributed by atoms with Crippen molar-refractivity contribution in [2.75, 3.05) is 11.9 Å². The van der Waals surface area contributed by atoms with E-state index in [1.54, 1.807) is 0 Å². The van der Waals surface area contributed by atoms with Gasteiger partial charge in [0.15, 0.2) is 0 Å². The van der Waals surface area contributed by atoms with E-state index in [4.69, 9.17) is 0 Å². The Morgan fingerprint density at radius 3 is 2.62 bits per heavy atom. The van der Waals surface area contributed by atoms with Gasteiger partial charge in [-0.2, -0.15) is 0 Å². The molecule has 1 heterocycles. The number of benzene rings is 3. The van der Waals surface area contributed by atoms with Crippen LogP contribution in [0.2, 0.25) is 0 Å². The molecular formula is C22H21BrN2O. The van der Waals surface area contributed by atoms with Gasteiger partial charge < -0.3 is 15.0 Å². The summed E-state index contributed by atoms with van der Waals surface area (Å²) in [6.07, 6.45) is -0.488. The first-order valence-corrected chi connectivity index (χ1v) is 9.56. The first-order valence-electron chi connectivity index (χ1n) is 8.77. The maximum atomic E-state index is 10.6. The van der Waals surface area contributed by atoms with Crippen molar-refractivity contribution in [2.24, 2.45) is 0 Å². The van der Waals surface area contributed by atoms with Crippen LogP contribution in [0.1, 0.15) is 5.56 Å². The Kier molecular flexibility index (Phi) is 4.70. The molecule has 1 unspecified atom stereocenters. The molecule has 0 aliphatic rings. The van der Waals surface area contributed by atoms with Crippen LogP contribution in [0.4, 0.5) is 5.69 Å². The average Bonchev–Trinajstić information content (AvgIpc) is 2.94. The summed E-state index contributed by atoms with van der Waals surface area (Å²) < 4.78 is 3.27. The highest BCUT2D eigenvalue weighted by molar-refractivity contribution is 9.10. The fourth-order valence-corrected chi connectivity index (χ4v) is 3.85. The third kappa shape index (κ3) is 3.35. The predicted molar refractivity (Wildman–Crippen MR) is 113 cm³/mol. The van der Waals surface area contributed by atoms with Gasteiger partial charge in [-0.1, -0.05) is 46.3 Å². The normalized spacial score (nSPS) is 12.6. The van der Waals surface area contributed by atoms with E-state index in [2.05, 4.69) is 81.3 Å². The standard InChI is InChI=1S/C22H21BrN2O/c1-15-5-4-6-17(11-15)24-13-18(26)14-25-21-8-3-2-7-19(21)20-12-16(23)9-10-22(20)25/h2-12,18,24,26H,13-14H2,1H3. The molecule has 4 heteroatoms. The summed E-state index contributed by atoms with van der Waals surface area (Å²) in [5.74, 6) is 0. The Morgan fingerprint density at radius 1 is 0.962 bits per heavy atom. The zero-order valence-electron chi connectivity index (χ0n) is 14.6. The number of fused-ring (bicyclic) bond motifs is 3. The number of anilines is 1. The van der Waals surface area contributed by atoms with Crippen molar-refractivity contribution in [2.45, 2.75) is 19.6 Å². The van der Waals surface area contributed by atoms with Gasteiger partial charge in [-0.3, -0.25) is 0 Å². The van der Waals surface area contributed by atoms with Crippen LogP contribution in [0.15, 0.2) is 71.2 Å². The molecule has 4 aromatic rings. The third-order valence-electron chi connectivity index (χ3n) is 4.69. The number of rotatable bonds is 5. The van der Waals surface area contributed by atoms with E-state index < -0.39 is 6.10 Å². The van der Waals surface area contributed by atoms with Crippen molar-refractivity contribution in [3.05, 3.63) is 76.8 Å². The molecule has 26 heavy (non-hydrogen) atoms. The monoisotopic (exact) mass is 408 g/mol. The van der Waals surface area contributed by atoms with Gasteiger partial charge in [0.25, 0.3) is 0 Å². The molecule has 132 valence electrons. The van der Waals surface area contributed by atoms with Crippen molar-refractivity contribution < 1.29 is 5.11 Å². The molecule has 0 radical (unpaired) electrons. The molecule has 2 N–H and O–H groups in total. The van der Waals surface area contributed by atoms with Gasteiger partial charge in [-0.25, -0.2) is 0 Å². The SMILES string of the molecule is Cc1cccc(NCC(O)Cn2c3ccccc3c3cc(Br)ccc32)c1. The van der Waals surface area contributed by atoms with Crippen LogP contribution in [0.3, 0.4) is 0 Å². The molecule has 4 rings (SSSR count). The number of hydrogen-bond acceptors (Lipinski definition) is 2. The Labute approximate surface area is 161 Å². The molecule has 0 bridgehead atoms. The van der Waals surface area contributed by atoms with Gasteiger partial charge in [0.1, 0.15) is 0 Å². The highest BCUT2D eigenvalue weighted by Crippen LogP contribution is 2.31. The predicted octanol–water partition coefficient (Wildman–Crippen LogP) is 5.34. The summed E-state index contributed by atoms with van der Waals surface area (Å²) in [6.45, 7) is 3.12. The van der Waals surface area contributed by atoms with Gasteiger partial charge in [0.2, 0.25) is 0 Å². The van der Waals surface area contributed by atoms with Crippen molar-refractivity contribution >= 4 is 43.4 Å². The number of aromatic nitrogens is 1. The maximum Gasteiger partial charge on any atom is 0.0891 e. The maximum absolute atomic E-state index is 10.6. The zero-order chi connectivity index (χ0) is 18.1. The van der Waals surface area contributed by atoms with Crippen LogP contribution >= 0.6 is 15.9 Å². The first-order chi connectivity index (χ1) is 12.6. The number of aryl methyl sites for hydroxylation is 1. The third-order valence-corrected chi connectivity index (χ3v) is 5.18. The van der Waals surface area contributed by atoms with E-state index in [0.29, 0.717) is 13.1 Å². The second-order valence-corrected chi connectivity index (χ2v) is 7.61. The van der Waals surface area contributed by atoms with Gasteiger partial charge in [-0.05, 0) is 48.9 Å². The molecule has 0 spiro atoms. The molecule has 1 atom stereocenters. The van der Waals surface area contributed by atoms with Crippen LogP contribution < -0.4 is 5.32 Å². The second-order valence-electron chi connectivity index (χ2n) is 6.69. The van der Waals surface area contributed by atoms with Crippen LogP contribution in [-0.2, 0) is 6.54 Å². The van der Waals surface area contributed by atoms with E-state index in [1.165, 1.54) is 16.3 Å². The largest absolute Gasteiger partial charge is 0.389 e. The highest BCUT2D eigenvalue weighted by atomic mass is 79.9. The van der Waals surface area contributed by atoms with Gasteiger partial charge >= 0.3 is 0 Å². The molecule has 0 fully saturated rings. The number of nitrogens with one attached hydrogen (secondary N) is 1. The Morgan fingerprint density at radius 2 is 1.77 bits per heavy atom. The number of nitrogens with zero attached hydrogens (tertiary/aromatic N) is 1. The number of halogens is 1. The minimum absolute atomic E-state index is 0.488. The van der Waals surface area contributed by atoms with Crippen molar-refractivity contribution in [1.29, 1.82) is 0 Å². The topological polar surface area (TPSA) is 37.2 Å². The minimum atomic E-state index is -0.488. The summed E-state index contributed by atoms with van der Waals surface area (Å²) in [5, 5.41) is 16.4. The minimum Gasteiger partial charge on any atom is -0.389 e. The Hall–Kier alpha value is -2.30. The summed E-state index contributed by atoms with van der Waals surface area (Å²) in [7, 11) is 0. The lowest BCUT2D eigenvalue weighted by atomic mass is 10.2. The molecule has 1 aromatic heterocycles. The van der Waals surface area contributed by atoms with E-state index in [1.807, 2.05) is 18.2 Å². The van der Waals surface area contributed by atoms with Crippen molar-refractivity contribution in [3.63, 3.8) is 0 Å². The van der Waals surface area contributed by atoms with E-state index in [9.17, 15) is 5.11 Å². The van der Waals surface area contributed by atoms with E-state index >= 15 is 0 Å². The quantitative estimate of drug-likeness (QED) is 0.467. The zero-order valence-corrected chi connectivity index (χ0v) is 16.2. The summed E-state index contributed by atoms with van der Waals surface area (Å²) in [5.41, 5.74) is 4.53. The Bertz CT molecular complexity index is 1070. The fraction of sp³-hybridized carbons (Fsp3) is 0.182. The molecule has 0 saturated carbocycles. The molecule has 0 amide bonds. The molecule has 3 nitrogen and oxygen atoms in total. The number of hydrogen-bond donors (Lipinski definition) is 2. The van der Waals surface area contributed by atoms with Gasteiger partial charge in [0, 0.05) is 38.5 Å². The van der Waals surface area contributed by atoms with Crippen LogP contribution in [0.25, 0.3) is 21.8 Å². The van der Waals surface area contributed by atoms with E-state index in [-0.39, 0.29) is 0 Å². The first kappa shape index (κ1) is 17.1. The highest BCUT2D eigenvalue weighted by Gasteiger charge is 2.13. The summed E-state index contributed by atoms with van der Waals surface area (Å²) in [4.78, 5) is 0. The average molecular weight is 409 g/mol. The van der Waals surface area contributed by atoms with Gasteiger partial charge in [0.05, 0.1) is 12.6 Å². The number of aliphatic hydroxyl groups is 1. The number of para-hydroxylation sites is 1. The van der Waals surface area contributed by atoms with Crippen LogP contribution in [-0.4, -0.2) is 22.3 Å². The smallest absolute Gasteiger partial charge is 0.0891 e. The van der Waals surface area contributed by atoms with Crippen LogP contribution in [0, 0.1) is 6.92 Å². The van der Waals surface area contributed by atoms with Crippen LogP contribution in [0.5, 0.6) is 0 Å². The Balaban J connectivity index is 1.61. The molecule has 0 saturated heterocycles. The van der Waals surface area contributed by atoms with Gasteiger partial charge in [-0.15, -0.1) is 0 Å². The lowest BCUT2D eigenvalue weighted by Gasteiger charge is -2.16. The molecule has 3 aromatic carbocycles. The summed E-state index contributed by atoms with van der Waals surface area (Å²) in [6, 6.07) is 22.9. The number of aliphatic hydroxyl groups excluding tert-OH is 1. The lowest BCUT2D eigenvalue weighted by Crippen LogP contribution is -2.24. The molecule has 0 aliphatic carbocycles. The van der Waals surface area contributed by atoms with Crippen molar-refractivity contribution in [3.8, 4) is 0 Å². The molecular weight excluding hydrogens is 388 g/mol. The van der Waals surface area contributed by atoms with E-state index in [0.717, 1.165) is 21.2 Å². The second kappa shape index (κ2) is 7.14.